The number of thioether (sulfide) groups is 1. The van der Waals surface area contributed by atoms with Gasteiger partial charge in [0.2, 0.25) is 5.91 Å². The summed E-state index contributed by atoms with van der Waals surface area (Å²) in [6.07, 6.45) is 5.05. The molecule has 1 fully saturated rings. The van der Waals surface area contributed by atoms with Crippen LogP contribution in [-0.2, 0) is 9.59 Å². The Kier molecular flexibility index (Phi) is 9.51. The number of para-hydroxylation sites is 1. The van der Waals surface area contributed by atoms with E-state index in [4.69, 9.17) is 11.6 Å². The molecule has 0 bridgehead atoms. The fraction of sp³-hybridized carbons (Fsp3) is 0.500. The summed E-state index contributed by atoms with van der Waals surface area (Å²) in [4.78, 5) is 29.7. The Morgan fingerprint density at radius 3 is 2.62 bits per heavy atom. The van der Waals surface area contributed by atoms with Crippen molar-refractivity contribution in [1.82, 2.24) is 10.2 Å². The molecule has 1 atom stereocenters. The Morgan fingerprint density at radius 1 is 1.22 bits per heavy atom. The van der Waals surface area contributed by atoms with Crippen LogP contribution in [0.1, 0.15) is 39.0 Å². The molecule has 1 saturated heterocycles. The molecule has 0 radical (unpaired) electrons. The molecule has 2 aliphatic rings. The van der Waals surface area contributed by atoms with E-state index in [0.29, 0.717) is 37.7 Å². The third kappa shape index (κ3) is 7.02. The molecule has 3 rings (SSSR count). The number of carbonyl (C=O) groups is 2. The number of unbranched alkanes of at least 4 members (excludes halogenated alkanes) is 1. The number of amides is 2. The van der Waals surface area contributed by atoms with Crippen molar-refractivity contribution in [3.8, 4) is 0 Å². The maximum atomic E-state index is 12.6. The first kappa shape index (κ1) is 24.7. The van der Waals surface area contributed by atoms with Crippen molar-refractivity contribution < 1.29 is 14.7 Å². The second-order valence-electron chi connectivity index (χ2n) is 8.13. The SMILES string of the molecule is CCCCC1=CSC(CNC(=O)C[C@@H](O)C(=O)N2CCN(c3ccccc3Cl)CC2)=CC1. The molecule has 0 saturated carbocycles. The Morgan fingerprint density at radius 2 is 1.97 bits per heavy atom. The molecule has 0 unspecified atom stereocenters. The number of hydrogen-bond acceptors (Lipinski definition) is 5. The van der Waals surface area contributed by atoms with Gasteiger partial charge < -0.3 is 20.2 Å². The van der Waals surface area contributed by atoms with E-state index in [-0.39, 0.29) is 12.3 Å². The molecule has 2 aliphatic heterocycles. The van der Waals surface area contributed by atoms with Gasteiger partial charge >= 0.3 is 0 Å². The highest BCUT2D eigenvalue weighted by Crippen LogP contribution is 2.29. The second-order valence-corrected chi connectivity index (χ2v) is 9.54. The molecular formula is C24H32ClN3O3S. The number of allylic oxidation sites excluding steroid dienone is 2. The quantitative estimate of drug-likeness (QED) is 0.563. The van der Waals surface area contributed by atoms with Crippen LogP contribution in [-0.4, -0.2) is 60.6 Å². The molecule has 2 amide bonds. The summed E-state index contributed by atoms with van der Waals surface area (Å²) in [6.45, 7) is 4.85. The van der Waals surface area contributed by atoms with Crippen LogP contribution in [0.4, 0.5) is 5.69 Å². The van der Waals surface area contributed by atoms with E-state index in [1.54, 1.807) is 16.7 Å². The van der Waals surface area contributed by atoms with Crippen molar-refractivity contribution in [3.63, 3.8) is 0 Å². The molecule has 32 heavy (non-hydrogen) atoms. The van der Waals surface area contributed by atoms with Crippen LogP contribution in [0.25, 0.3) is 0 Å². The number of anilines is 1. The lowest BCUT2D eigenvalue weighted by Gasteiger charge is -2.37. The molecule has 174 valence electrons. The predicted octanol–water partition coefficient (Wildman–Crippen LogP) is 3.95. The maximum absolute atomic E-state index is 12.6. The fourth-order valence-electron chi connectivity index (χ4n) is 3.79. The van der Waals surface area contributed by atoms with Gasteiger partial charge in [0.25, 0.3) is 5.91 Å². The summed E-state index contributed by atoms with van der Waals surface area (Å²) in [5, 5.41) is 16.0. The summed E-state index contributed by atoms with van der Waals surface area (Å²) in [5.74, 6) is -0.712. The summed E-state index contributed by atoms with van der Waals surface area (Å²) >= 11 is 7.91. The van der Waals surface area contributed by atoms with Gasteiger partial charge in [-0.15, -0.1) is 11.8 Å². The number of hydrogen-bond donors (Lipinski definition) is 2. The molecule has 2 heterocycles. The lowest BCUT2D eigenvalue weighted by atomic mass is 10.1. The average molecular weight is 478 g/mol. The summed E-state index contributed by atoms with van der Waals surface area (Å²) < 4.78 is 0. The maximum Gasteiger partial charge on any atom is 0.252 e. The van der Waals surface area contributed by atoms with E-state index in [2.05, 4.69) is 28.6 Å². The van der Waals surface area contributed by atoms with Gasteiger partial charge in [-0.1, -0.05) is 48.7 Å². The lowest BCUT2D eigenvalue weighted by molar-refractivity contribution is -0.143. The molecule has 0 aliphatic carbocycles. The molecular weight excluding hydrogens is 446 g/mol. The summed E-state index contributed by atoms with van der Waals surface area (Å²) in [5.41, 5.74) is 2.38. The Bertz CT molecular complexity index is 866. The smallest absolute Gasteiger partial charge is 0.252 e. The Balaban J connectivity index is 1.38. The van der Waals surface area contributed by atoms with Gasteiger partial charge in [0.1, 0.15) is 6.10 Å². The Labute approximate surface area is 199 Å². The zero-order valence-corrected chi connectivity index (χ0v) is 20.1. The first-order valence-corrected chi connectivity index (χ1v) is 12.5. The highest BCUT2D eigenvalue weighted by molar-refractivity contribution is 8.05. The van der Waals surface area contributed by atoms with E-state index in [9.17, 15) is 14.7 Å². The van der Waals surface area contributed by atoms with Gasteiger partial charge in [-0.2, -0.15) is 0 Å². The van der Waals surface area contributed by atoms with Gasteiger partial charge in [0.05, 0.1) is 17.1 Å². The zero-order valence-electron chi connectivity index (χ0n) is 18.6. The summed E-state index contributed by atoms with van der Waals surface area (Å²) in [7, 11) is 0. The number of rotatable bonds is 9. The number of carbonyl (C=O) groups excluding carboxylic acids is 2. The van der Waals surface area contributed by atoms with E-state index in [0.717, 1.165) is 23.4 Å². The number of nitrogens with zero attached hydrogens (tertiary/aromatic N) is 2. The van der Waals surface area contributed by atoms with Crippen LogP contribution < -0.4 is 10.2 Å². The molecule has 1 aromatic rings. The van der Waals surface area contributed by atoms with E-state index < -0.39 is 12.0 Å². The number of benzene rings is 1. The average Bonchev–Trinajstić information content (AvgIpc) is 2.82. The molecule has 6 nitrogen and oxygen atoms in total. The van der Waals surface area contributed by atoms with Crippen molar-refractivity contribution in [3.05, 3.63) is 51.3 Å². The van der Waals surface area contributed by atoms with Crippen LogP contribution in [0, 0.1) is 0 Å². The largest absolute Gasteiger partial charge is 0.383 e. The van der Waals surface area contributed by atoms with E-state index in [1.807, 2.05) is 24.3 Å². The minimum absolute atomic E-state index is 0.223. The third-order valence-electron chi connectivity index (χ3n) is 5.73. The normalized spacial score (nSPS) is 17.5. The number of aliphatic hydroxyl groups excluding tert-OH is 1. The van der Waals surface area contributed by atoms with Crippen LogP contribution in [0.2, 0.25) is 5.02 Å². The molecule has 8 heteroatoms. The summed E-state index contributed by atoms with van der Waals surface area (Å²) in [6, 6.07) is 7.63. The minimum atomic E-state index is -1.32. The standard InChI is InChI=1S/C24H32ClN3O3S/c1-2-3-6-18-9-10-19(32-17-18)16-26-23(30)15-22(29)24(31)28-13-11-27(12-14-28)21-8-5-4-7-20(21)25/h4-5,7-8,10,17,22,29H,2-3,6,9,11-16H2,1H3,(H,26,30)/t22-/m1/s1. The molecule has 1 aromatic carbocycles. The van der Waals surface area contributed by atoms with Crippen molar-refractivity contribution in [2.45, 2.75) is 45.1 Å². The number of halogens is 1. The van der Waals surface area contributed by atoms with Gasteiger partial charge in [-0.05, 0) is 36.8 Å². The molecule has 0 spiro atoms. The van der Waals surface area contributed by atoms with Crippen molar-refractivity contribution in [1.29, 1.82) is 0 Å². The van der Waals surface area contributed by atoms with Crippen LogP contribution in [0.5, 0.6) is 0 Å². The highest BCUT2D eigenvalue weighted by Gasteiger charge is 2.28. The third-order valence-corrected chi connectivity index (χ3v) is 7.11. The van der Waals surface area contributed by atoms with Crippen molar-refractivity contribution in [2.75, 3.05) is 37.6 Å². The second kappa shape index (κ2) is 12.3. The predicted molar refractivity (Wildman–Crippen MR) is 132 cm³/mol. The van der Waals surface area contributed by atoms with Crippen LogP contribution in [0.3, 0.4) is 0 Å². The van der Waals surface area contributed by atoms with Gasteiger partial charge in [0, 0.05) is 37.6 Å². The van der Waals surface area contributed by atoms with Crippen molar-refractivity contribution in [2.24, 2.45) is 0 Å². The lowest BCUT2D eigenvalue weighted by Crippen LogP contribution is -2.52. The monoisotopic (exact) mass is 477 g/mol. The number of nitrogens with one attached hydrogen (secondary N) is 1. The number of aliphatic hydroxyl groups is 1. The van der Waals surface area contributed by atoms with Crippen LogP contribution >= 0.6 is 23.4 Å². The first-order chi connectivity index (χ1) is 15.5. The fourth-order valence-corrected chi connectivity index (χ4v) is 4.91. The highest BCUT2D eigenvalue weighted by atomic mass is 35.5. The first-order valence-electron chi connectivity index (χ1n) is 11.2. The van der Waals surface area contributed by atoms with E-state index >= 15 is 0 Å². The Hall–Kier alpha value is -1.96. The topological polar surface area (TPSA) is 72.9 Å². The van der Waals surface area contributed by atoms with E-state index in [1.165, 1.54) is 18.4 Å². The van der Waals surface area contributed by atoms with Gasteiger partial charge in [0.15, 0.2) is 0 Å². The minimum Gasteiger partial charge on any atom is -0.383 e. The van der Waals surface area contributed by atoms with Crippen LogP contribution in [0.15, 0.2) is 46.2 Å². The van der Waals surface area contributed by atoms with Gasteiger partial charge in [-0.3, -0.25) is 9.59 Å². The van der Waals surface area contributed by atoms with Crippen molar-refractivity contribution >= 4 is 40.9 Å². The molecule has 2 N–H and O–H groups in total. The molecule has 0 aromatic heterocycles. The zero-order chi connectivity index (χ0) is 22.9. The number of piperazine rings is 1. The van der Waals surface area contributed by atoms with Gasteiger partial charge in [-0.25, -0.2) is 0 Å².